The minimum absolute atomic E-state index is 0.116. The van der Waals surface area contributed by atoms with Gasteiger partial charge in [0.1, 0.15) is 0 Å². The summed E-state index contributed by atoms with van der Waals surface area (Å²) in [6.07, 6.45) is 38.9. The lowest BCUT2D eigenvalue weighted by Gasteiger charge is -2.22. The van der Waals surface area contributed by atoms with Gasteiger partial charge in [-0.15, -0.1) is 0 Å². The van der Waals surface area contributed by atoms with Gasteiger partial charge in [-0.2, -0.15) is 0 Å². The lowest BCUT2D eigenvalue weighted by Crippen LogP contribution is -2.50. The van der Waals surface area contributed by atoms with E-state index in [1.165, 1.54) is 89.9 Å². The Morgan fingerprint density at radius 2 is 0.787 bits per heavy atom. The lowest BCUT2D eigenvalue weighted by molar-refractivity contribution is -0.155. The molecular formula is C40H73N3O4. The van der Waals surface area contributed by atoms with Crippen molar-refractivity contribution in [2.45, 2.75) is 206 Å². The molecule has 0 rings (SSSR count). The van der Waals surface area contributed by atoms with Gasteiger partial charge in [0, 0.05) is 12.8 Å². The van der Waals surface area contributed by atoms with Crippen LogP contribution in [-0.4, -0.2) is 34.6 Å². The zero-order chi connectivity index (χ0) is 34.8. The zero-order valence-electron chi connectivity index (χ0n) is 30.6. The highest BCUT2D eigenvalue weighted by molar-refractivity contribution is 6.12. The van der Waals surface area contributed by atoms with Gasteiger partial charge in [-0.1, -0.05) is 141 Å². The SMILES string of the molecule is CCCCCCCC/C=C\CCCCCCCC(=O)N(C(=O)CCCCCCC/C=C\CCCCCCCC)C(=O)[C@@H](N)CC(N)=O. The van der Waals surface area contributed by atoms with E-state index in [9.17, 15) is 19.2 Å². The molecule has 0 aromatic rings. The maximum Gasteiger partial charge on any atom is 0.253 e. The standard InChI is InChI=1S/C40H73N3O4/c1-3-5-7-9-11-13-15-17-19-21-23-25-27-29-31-33-38(45)43(40(47)36(41)35-37(42)44)39(46)34-32-30-28-26-24-22-20-18-16-14-12-10-8-6-4-2/h17-20,36H,3-16,21-35,41H2,1-2H3,(H2,42,44)/b19-17-,20-18-/t36-/m0/s1. The van der Waals surface area contributed by atoms with Gasteiger partial charge in [0.15, 0.2) is 0 Å². The molecule has 0 saturated carbocycles. The molecule has 0 unspecified atom stereocenters. The molecular weight excluding hydrogens is 586 g/mol. The number of allylic oxidation sites excluding steroid dienone is 4. The van der Waals surface area contributed by atoms with E-state index in [4.69, 9.17) is 11.5 Å². The molecule has 4 amide bonds. The van der Waals surface area contributed by atoms with Crippen molar-refractivity contribution < 1.29 is 19.2 Å². The van der Waals surface area contributed by atoms with E-state index in [1.807, 2.05) is 0 Å². The van der Waals surface area contributed by atoms with E-state index >= 15 is 0 Å². The van der Waals surface area contributed by atoms with Crippen molar-refractivity contribution in [1.82, 2.24) is 4.90 Å². The molecule has 0 aliphatic rings. The van der Waals surface area contributed by atoms with Crippen molar-refractivity contribution in [3.63, 3.8) is 0 Å². The Labute approximate surface area is 289 Å². The fourth-order valence-corrected chi connectivity index (χ4v) is 5.77. The largest absolute Gasteiger partial charge is 0.370 e. The topological polar surface area (TPSA) is 124 Å². The highest BCUT2D eigenvalue weighted by atomic mass is 16.2. The average Bonchev–Trinajstić information content (AvgIpc) is 3.04. The summed E-state index contributed by atoms with van der Waals surface area (Å²) in [7, 11) is 0. The van der Waals surface area contributed by atoms with Crippen molar-refractivity contribution in [1.29, 1.82) is 0 Å². The summed E-state index contributed by atoms with van der Waals surface area (Å²) in [6, 6.07) is -1.29. The highest BCUT2D eigenvalue weighted by Crippen LogP contribution is 2.15. The molecule has 7 nitrogen and oxygen atoms in total. The smallest absolute Gasteiger partial charge is 0.253 e. The molecule has 0 fully saturated rings. The van der Waals surface area contributed by atoms with Crippen molar-refractivity contribution in [3.8, 4) is 0 Å². The number of primary amides is 1. The number of amides is 4. The Hall–Kier alpha value is -2.28. The molecule has 0 bridgehead atoms. The number of unbranched alkanes of at least 4 members (excludes halogenated alkanes) is 22. The summed E-state index contributed by atoms with van der Waals surface area (Å²) < 4.78 is 0. The van der Waals surface area contributed by atoms with Crippen molar-refractivity contribution in [2.75, 3.05) is 0 Å². The molecule has 0 saturated heterocycles. The van der Waals surface area contributed by atoms with Crippen LogP contribution in [0.25, 0.3) is 0 Å². The number of carbonyl (C=O) groups is 4. The quantitative estimate of drug-likeness (QED) is 0.0536. The number of carbonyl (C=O) groups excluding carboxylic acids is 4. The van der Waals surface area contributed by atoms with Crippen molar-refractivity contribution >= 4 is 23.6 Å². The number of nitrogens with zero attached hydrogens (tertiary/aromatic N) is 1. The second-order valence-corrected chi connectivity index (χ2v) is 13.4. The van der Waals surface area contributed by atoms with Crippen LogP contribution in [0.3, 0.4) is 0 Å². The van der Waals surface area contributed by atoms with E-state index in [0.29, 0.717) is 17.7 Å². The van der Waals surface area contributed by atoms with Crippen LogP contribution in [0, 0.1) is 0 Å². The summed E-state index contributed by atoms with van der Waals surface area (Å²) in [6.45, 7) is 4.49. The molecule has 0 aliphatic carbocycles. The third-order valence-electron chi connectivity index (χ3n) is 8.76. The van der Waals surface area contributed by atoms with Crippen LogP contribution in [-0.2, 0) is 19.2 Å². The van der Waals surface area contributed by atoms with Gasteiger partial charge in [0.25, 0.3) is 5.91 Å². The van der Waals surface area contributed by atoms with Crippen LogP contribution in [0.2, 0.25) is 0 Å². The van der Waals surface area contributed by atoms with Gasteiger partial charge in [-0.3, -0.25) is 19.2 Å². The summed E-state index contributed by atoms with van der Waals surface area (Å²) in [5.41, 5.74) is 11.1. The van der Waals surface area contributed by atoms with Gasteiger partial charge in [0.05, 0.1) is 12.5 Å². The van der Waals surface area contributed by atoms with Gasteiger partial charge < -0.3 is 11.5 Å². The predicted octanol–water partition coefficient (Wildman–Crippen LogP) is 10.1. The second kappa shape index (κ2) is 33.6. The molecule has 0 spiro atoms. The van der Waals surface area contributed by atoms with Crippen molar-refractivity contribution in [3.05, 3.63) is 24.3 Å². The Bertz CT molecular complexity index is 802. The van der Waals surface area contributed by atoms with Gasteiger partial charge in [-0.05, 0) is 64.2 Å². The first kappa shape index (κ1) is 44.7. The van der Waals surface area contributed by atoms with E-state index in [-0.39, 0.29) is 12.8 Å². The maximum absolute atomic E-state index is 13.0. The Morgan fingerprint density at radius 1 is 0.489 bits per heavy atom. The average molecular weight is 660 g/mol. The van der Waals surface area contributed by atoms with Crippen LogP contribution in [0.1, 0.15) is 200 Å². The molecule has 272 valence electrons. The summed E-state index contributed by atoms with van der Waals surface area (Å²) in [5, 5.41) is 0. The molecule has 4 N–H and O–H groups in total. The lowest BCUT2D eigenvalue weighted by atomic mass is 10.1. The monoisotopic (exact) mass is 660 g/mol. The van der Waals surface area contributed by atoms with E-state index < -0.39 is 36.1 Å². The first-order valence-electron chi connectivity index (χ1n) is 19.6. The highest BCUT2D eigenvalue weighted by Gasteiger charge is 2.32. The number of nitrogens with two attached hydrogens (primary N) is 2. The number of rotatable bonds is 33. The molecule has 0 heterocycles. The fraction of sp³-hybridized carbons (Fsp3) is 0.800. The molecule has 0 aromatic carbocycles. The molecule has 0 radical (unpaired) electrons. The summed E-state index contributed by atoms with van der Waals surface area (Å²) in [4.78, 5) is 51.0. The Morgan fingerprint density at radius 3 is 1.11 bits per heavy atom. The van der Waals surface area contributed by atoms with Crippen molar-refractivity contribution in [2.24, 2.45) is 11.5 Å². The molecule has 1 atom stereocenters. The van der Waals surface area contributed by atoms with Crippen LogP contribution in [0.5, 0.6) is 0 Å². The normalized spacial score (nSPS) is 12.2. The maximum atomic E-state index is 13.0. The van der Waals surface area contributed by atoms with Gasteiger partial charge in [0.2, 0.25) is 17.7 Å². The summed E-state index contributed by atoms with van der Waals surface area (Å²) >= 11 is 0. The molecule has 0 aliphatic heterocycles. The Kier molecular flexibility index (Phi) is 32.0. The molecule has 47 heavy (non-hydrogen) atoms. The number of hydrogen-bond donors (Lipinski definition) is 2. The number of imide groups is 3. The first-order valence-corrected chi connectivity index (χ1v) is 19.6. The fourth-order valence-electron chi connectivity index (χ4n) is 5.77. The van der Waals surface area contributed by atoms with Gasteiger partial charge in [-0.25, -0.2) is 4.90 Å². The molecule has 7 heteroatoms. The number of hydrogen-bond acceptors (Lipinski definition) is 5. The minimum atomic E-state index is -1.29. The van der Waals surface area contributed by atoms with Crippen LogP contribution < -0.4 is 11.5 Å². The van der Waals surface area contributed by atoms with Gasteiger partial charge >= 0.3 is 0 Å². The van der Waals surface area contributed by atoms with E-state index in [0.717, 1.165) is 64.2 Å². The van der Waals surface area contributed by atoms with Crippen LogP contribution >= 0.6 is 0 Å². The van der Waals surface area contributed by atoms with Crippen LogP contribution in [0.15, 0.2) is 24.3 Å². The molecule has 0 aromatic heterocycles. The second-order valence-electron chi connectivity index (χ2n) is 13.4. The third-order valence-corrected chi connectivity index (χ3v) is 8.76. The van der Waals surface area contributed by atoms with Crippen LogP contribution in [0.4, 0.5) is 0 Å². The minimum Gasteiger partial charge on any atom is -0.370 e. The Balaban J connectivity index is 4.28. The summed E-state index contributed by atoms with van der Waals surface area (Å²) in [5.74, 6) is -2.60. The predicted molar refractivity (Wildman–Crippen MR) is 198 cm³/mol. The first-order chi connectivity index (χ1) is 22.8. The zero-order valence-corrected chi connectivity index (χ0v) is 30.6. The van der Waals surface area contributed by atoms with E-state index in [1.54, 1.807) is 0 Å². The third kappa shape index (κ3) is 28.4. The van der Waals surface area contributed by atoms with E-state index in [2.05, 4.69) is 38.2 Å².